The van der Waals surface area contributed by atoms with E-state index in [1.807, 2.05) is 27.7 Å². The second kappa shape index (κ2) is 4.85. The average molecular weight is 280 g/mol. The van der Waals surface area contributed by atoms with Crippen LogP contribution in [-0.4, -0.2) is 32.7 Å². The first kappa shape index (κ1) is 14.4. The van der Waals surface area contributed by atoms with Crippen molar-refractivity contribution in [3.63, 3.8) is 0 Å². The molecule has 6 nitrogen and oxygen atoms in total. The van der Waals surface area contributed by atoms with Crippen LogP contribution in [0.1, 0.15) is 43.3 Å². The molecule has 6 heteroatoms. The number of carboxylic acids is 1. The van der Waals surface area contributed by atoms with Gasteiger partial charge in [0, 0.05) is 11.4 Å². The standard InChI is InChI=1S/C14H20N2O4/c1-8-9(5-12(17)18)10-6-16(7-11(10)15-8)13(19)20-14(2,3)4/h15H,5-7H2,1-4H3,(H,17,18). The number of aromatic amines is 1. The van der Waals surface area contributed by atoms with Crippen LogP contribution in [-0.2, 0) is 29.0 Å². The Bertz CT molecular complexity index is 554. The van der Waals surface area contributed by atoms with Gasteiger partial charge in [0.15, 0.2) is 0 Å². The van der Waals surface area contributed by atoms with E-state index in [0.29, 0.717) is 13.1 Å². The summed E-state index contributed by atoms with van der Waals surface area (Å²) >= 11 is 0. The Morgan fingerprint density at radius 2 is 2.00 bits per heavy atom. The summed E-state index contributed by atoms with van der Waals surface area (Å²) in [5, 5.41) is 8.95. The number of fused-ring (bicyclic) bond motifs is 1. The first-order valence-corrected chi connectivity index (χ1v) is 6.56. The van der Waals surface area contributed by atoms with E-state index in [1.54, 1.807) is 4.90 Å². The number of carbonyl (C=O) groups is 2. The lowest BCUT2D eigenvalue weighted by molar-refractivity contribution is -0.136. The maximum atomic E-state index is 12.0. The van der Waals surface area contributed by atoms with Crippen LogP contribution in [0.15, 0.2) is 0 Å². The number of hydrogen-bond acceptors (Lipinski definition) is 3. The zero-order valence-electron chi connectivity index (χ0n) is 12.2. The molecule has 110 valence electrons. The summed E-state index contributed by atoms with van der Waals surface area (Å²) in [7, 11) is 0. The Morgan fingerprint density at radius 3 is 2.55 bits per heavy atom. The second-order valence-corrected chi connectivity index (χ2v) is 6.09. The van der Waals surface area contributed by atoms with Crippen molar-refractivity contribution in [2.24, 2.45) is 0 Å². The molecule has 0 saturated heterocycles. The molecule has 0 aliphatic carbocycles. The fourth-order valence-electron chi connectivity index (χ4n) is 2.40. The minimum absolute atomic E-state index is 0.0280. The third-order valence-electron chi connectivity index (χ3n) is 3.20. The molecular weight excluding hydrogens is 260 g/mol. The van der Waals surface area contributed by atoms with Crippen LogP contribution in [0.5, 0.6) is 0 Å². The monoisotopic (exact) mass is 280 g/mol. The third-order valence-corrected chi connectivity index (χ3v) is 3.20. The Hall–Kier alpha value is -1.98. The normalized spacial score (nSPS) is 14.3. The topological polar surface area (TPSA) is 82.6 Å². The quantitative estimate of drug-likeness (QED) is 0.870. The number of carboxylic acid groups (broad SMARTS) is 1. The van der Waals surface area contributed by atoms with Gasteiger partial charge in [0.1, 0.15) is 5.60 Å². The predicted octanol–water partition coefficient (Wildman–Crippen LogP) is 2.20. The first-order valence-electron chi connectivity index (χ1n) is 6.56. The van der Waals surface area contributed by atoms with Gasteiger partial charge < -0.3 is 14.8 Å². The number of aliphatic carboxylic acids is 1. The molecule has 1 aromatic rings. The van der Waals surface area contributed by atoms with Gasteiger partial charge in [0.2, 0.25) is 0 Å². The third kappa shape index (κ3) is 2.95. The number of nitrogens with zero attached hydrogens (tertiary/aromatic N) is 1. The summed E-state index contributed by atoms with van der Waals surface area (Å²) in [5.74, 6) is -0.870. The van der Waals surface area contributed by atoms with Crippen LogP contribution < -0.4 is 0 Å². The highest BCUT2D eigenvalue weighted by atomic mass is 16.6. The molecule has 2 rings (SSSR count). The maximum absolute atomic E-state index is 12.0. The fourth-order valence-corrected chi connectivity index (χ4v) is 2.40. The van der Waals surface area contributed by atoms with Gasteiger partial charge in [0.25, 0.3) is 0 Å². The van der Waals surface area contributed by atoms with Crippen molar-refractivity contribution in [1.82, 2.24) is 9.88 Å². The number of ether oxygens (including phenoxy) is 1. The van der Waals surface area contributed by atoms with Crippen molar-refractivity contribution < 1.29 is 19.4 Å². The number of nitrogens with one attached hydrogen (secondary N) is 1. The van der Waals surface area contributed by atoms with E-state index in [4.69, 9.17) is 9.84 Å². The molecule has 1 aromatic heterocycles. The van der Waals surface area contributed by atoms with E-state index in [0.717, 1.165) is 22.5 Å². The van der Waals surface area contributed by atoms with Gasteiger partial charge in [-0.2, -0.15) is 0 Å². The molecule has 0 bridgehead atoms. The lowest BCUT2D eigenvalue weighted by Crippen LogP contribution is -2.33. The second-order valence-electron chi connectivity index (χ2n) is 6.09. The molecule has 1 aliphatic rings. The lowest BCUT2D eigenvalue weighted by atomic mass is 10.1. The molecule has 0 atom stereocenters. The van der Waals surface area contributed by atoms with Gasteiger partial charge in [-0.05, 0) is 38.8 Å². The van der Waals surface area contributed by atoms with E-state index in [-0.39, 0.29) is 12.5 Å². The van der Waals surface area contributed by atoms with E-state index in [2.05, 4.69) is 4.98 Å². The van der Waals surface area contributed by atoms with Crippen LogP contribution in [0, 0.1) is 6.92 Å². The molecule has 0 radical (unpaired) electrons. The molecule has 1 amide bonds. The van der Waals surface area contributed by atoms with Crippen molar-refractivity contribution in [2.45, 2.75) is 52.8 Å². The van der Waals surface area contributed by atoms with E-state index in [9.17, 15) is 9.59 Å². The number of aryl methyl sites for hydroxylation is 1. The molecule has 0 saturated carbocycles. The van der Waals surface area contributed by atoms with Gasteiger partial charge >= 0.3 is 12.1 Å². The minimum Gasteiger partial charge on any atom is -0.481 e. The number of amides is 1. The predicted molar refractivity (Wildman–Crippen MR) is 72.4 cm³/mol. The summed E-state index contributed by atoms with van der Waals surface area (Å²) < 4.78 is 5.33. The number of H-pyrrole nitrogens is 1. The zero-order chi connectivity index (χ0) is 15.1. The van der Waals surface area contributed by atoms with Crippen LogP contribution in [0.25, 0.3) is 0 Å². The highest BCUT2D eigenvalue weighted by Gasteiger charge is 2.31. The molecule has 0 spiro atoms. The first-order chi connectivity index (χ1) is 9.17. The highest BCUT2D eigenvalue weighted by molar-refractivity contribution is 5.73. The largest absolute Gasteiger partial charge is 0.481 e. The molecule has 20 heavy (non-hydrogen) atoms. The Kier molecular flexibility index (Phi) is 3.50. The lowest BCUT2D eigenvalue weighted by Gasteiger charge is -2.24. The van der Waals surface area contributed by atoms with Crippen molar-refractivity contribution in [2.75, 3.05) is 0 Å². The van der Waals surface area contributed by atoms with Crippen LogP contribution in [0.3, 0.4) is 0 Å². The average Bonchev–Trinajstić information content (AvgIpc) is 2.76. The number of carbonyl (C=O) groups excluding carboxylic acids is 1. The zero-order valence-corrected chi connectivity index (χ0v) is 12.2. The Balaban J connectivity index is 2.14. The summed E-state index contributed by atoms with van der Waals surface area (Å²) in [6.07, 6.45) is -0.402. The molecular formula is C14H20N2O4. The summed E-state index contributed by atoms with van der Waals surface area (Å²) in [6.45, 7) is 8.15. The molecule has 0 aromatic carbocycles. The van der Waals surface area contributed by atoms with Crippen molar-refractivity contribution in [3.05, 3.63) is 22.5 Å². The number of rotatable bonds is 2. The van der Waals surface area contributed by atoms with Crippen LogP contribution in [0.4, 0.5) is 4.79 Å². The van der Waals surface area contributed by atoms with Gasteiger partial charge in [-0.25, -0.2) is 4.79 Å². The highest BCUT2D eigenvalue weighted by Crippen LogP contribution is 2.29. The number of hydrogen-bond donors (Lipinski definition) is 2. The van der Waals surface area contributed by atoms with E-state index in [1.165, 1.54) is 0 Å². The molecule has 2 N–H and O–H groups in total. The molecule has 0 unspecified atom stereocenters. The molecule has 1 aliphatic heterocycles. The number of aromatic nitrogens is 1. The van der Waals surface area contributed by atoms with Gasteiger partial charge in [-0.15, -0.1) is 0 Å². The van der Waals surface area contributed by atoms with Gasteiger partial charge in [-0.1, -0.05) is 0 Å². The SMILES string of the molecule is Cc1[nH]c2c(c1CC(=O)O)CN(C(=O)OC(C)(C)C)C2. The van der Waals surface area contributed by atoms with Crippen molar-refractivity contribution in [1.29, 1.82) is 0 Å². The van der Waals surface area contributed by atoms with Crippen LogP contribution >= 0.6 is 0 Å². The molecule has 0 fully saturated rings. The van der Waals surface area contributed by atoms with E-state index >= 15 is 0 Å². The summed E-state index contributed by atoms with van der Waals surface area (Å²) in [6, 6.07) is 0. The van der Waals surface area contributed by atoms with Gasteiger partial charge in [-0.3, -0.25) is 9.69 Å². The fraction of sp³-hybridized carbons (Fsp3) is 0.571. The maximum Gasteiger partial charge on any atom is 0.410 e. The van der Waals surface area contributed by atoms with Crippen molar-refractivity contribution in [3.8, 4) is 0 Å². The smallest absolute Gasteiger partial charge is 0.410 e. The Labute approximate surface area is 117 Å². The van der Waals surface area contributed by atoms with Crippen molar-refractivity contribution >= 4 is 12.1 Å². The Morgan fingerprint density at radius 1 is 1.35 bits per heavy atom. The summed E-state index contributed by atoms with van der Waals surface area (Å²) in [5.41, 5.74) is 2.92. The minimum atomic E-state index is -0.870. The van der Waals surface area contributed by atoms with Gasteiger partial charge in [0.05, 0.1) is 19.5 Å². The van der Waals surface area contributed by atoms with Crippen LogP contribution in [0.2, 0.25) is 0 Å². The van der Waals surface area contributed by atoms with E-state index < -0.39 is 11.6 Å². The molecule has 2 heterocycles. The summed E-state index contributed by atoms with van der Waals surface area (Å²) in [4.78, 5) is 27.7.